The summed E-state index contributed by atoms with van der Waals surface area (Å²) in [5.74, 6) is -19.6. The van der Waals surface area contributed by atoms with Gasteiger partial charge in [-0.3, -0.25) is 29.4 Å². The van der Waals surface area contributed by atoms with Crippen LogP contribution in [-0.4, -0.2) is 260 Å². The molecular weight excluding hydrogens is 1780 g/mol. The third kappa shape index (κ3) is 26.9. The Kier molecular flexibility index (Phi) is 15.0. The van der Waals surface area contributed by atoms with E-state index in [-0.39, 0.29) is 105 Å². The number of aryl methyl sites for hydroxylation is 6. The Morgan fingerprint density at radius 3 is 0.709 bits per heavy atom. The van der Waals surface area contributed by atoms with E-state index in [1.54, 1.807) is 13.8 Å². The molecule has 18 rings (SSSR count). The lowest BCUT2D eigenvalue weighted by Crippen LogP contribution is -2.48. The normalized spacial score (nSPS) is 50.0. The zero-order valence-electron chi connectivity index (χ0n) is 166. The molecule has 0 saturated carbocycles. The first-order chi connectivity index (χ1) is 100. The Labute approximate surface area is 967 Å². The van der Waals surface area contributed by atoms with Gasteiger partial charge in [-0.25, -0.2) is 0 Å². The van der Waals surface area contributed by atoms with Crippen molar-refractivity contribution in [2.75, 3.05) is 163 Å². The lowest BCUT2D eigenvalue weighted by atomic mass is 9.75. The number of hydrogen-bond acceptors (Lipinski definition) is 24. The maximum absolute atomic E-state index is 11.3. The number of benzene rings is 6. The quantitative estimate of drug-likeness (QED) is 0.0392. The van der Waals surface area contributed by atoms with Gasteiger partial charge < -0.3 is 87.5 Å². The van der Waals surface area contributed by atoms with Gasteiger partial charge in [0.1, 0.15) is 0 Å². The Hall–Kier alpha value is -7.56. The monoisotopic (exact) mass is 2040 g/mol. The Morgan fingerprint density at radius 2 is 0.496 bits per heavy atom. The predicted molar refractivity (Wildman–Crippen MR) is 561 cm³/mol. The average molecular weight is 2050 g/mol. The zero-order chi connectivity index (χ0) is 178. The molecule has 24 heteroatoms. The van der Waals surface area contributed by atoms with Gasteiger partial charge in [0.25, 0.3) is 0 Å². The standard InChI is InChI=1S/3C20H31NO3.3C19H29NO3/c3*1-20(2,3)11-14-12-21-7-6-13-8-18(23-4)19(24-5)9-15(13)16(21)10-17(14)22;3*1-12(2)7-14-11-20-6-5-13-8-18(22-3)19(23-4)9-15(13)16(20)10-17(14)21/h3*8-9,14,16-17,22H,6-7,10-12H2,1-5H3;3*8-9,12,14,16-17,21H,5-7,10-11H2,1-4H3/i2*1D3,2D3,5D3,6D2,7D2,11D2,12D2,16D;1D3,2D3,6D2,7D2,11D2,12D2,16D;4D3,5D2,6D2,10D2,11D2,14D,16D,17D;5D2,6D2,10D2,11D2,14D,16D,17D;4D3,5D2,6D2,11D2,16D. The fourth-order valence-electron chi connectivity index (χ4n) is 16.5. The van der Waals surface area contributed by atoms with Crippen LogP contribution < -0.4 is 56.8 Å². The molecular formula is C117H180N6O18. The number of piperidine rings is 6. The minimum atomic E-state index is -3.67. The number of methoxy groups -OCH3 is 12. The average Bonchev–Trinajstić information content (AvgIpc) is 0.636. The molecule has 141 heavy (non-hydrogen) atoms. The molecule has 12 aliphatic heterocycles. The molecule has 12 heterocycles. The minimum absolute atomic E-state index is 0.00678. The van der Waals surface area contributed by atoms with Crippen molar-refractivity contribution in [3.05, 3.63) is 140 Å². The third-order valence-electron chi connectivity index (χ3n) is 22.9. The lowest BCUT2D eigenvalue weighted by molar-refractivity contribution is -0.0259. The fourth-order valence-corrected chi connectivity index (χ4v) is 16.5. The number of hydrogen-bond donors (Lipinski definition) is 6. The summed E-state index contributed by atoms with van der Waals surface area (Å²) in [5, 5.41) is 67.1. The van der Waals surface area contributed by atoms with Crippen molar-refractivity contribution >= 4 is 0 Å². The molecule has 0 radical (unpaired) electrons. The number of nitrogens with zero attached hydrogens (tertiary/aromatic N) is 6. The Bertz CT molecular complexity index is 9000. The van der Waals surface area contributed by atoms with Crippen molar-refractivity contribution in [3.8, 4) is 69.0 Å². The largest absolute Gasteiger partial charge is 0.493 e. The van der Waals surface area contributed by atoms with Gasteiger partial charge in [0.15, 0.2) is 69.0 Å². The summed E-state index contributed by atoms with van der Waals surface area (Å²) in [4.78, 5) is 0.667. The highest BCUT2D eigenvalue weighted by atomic mass is 16.5. The van der Waals surface area contributed by atoms with Gasteiger partial charge in [0.2, 0.25) is 0 Å². The maximum Gasteiger partial charge on any atom is 0.161 e. The summed E-state index contributed by atoms with van der Waals surface area (Å²) < 4.78 is 783. The van der Waals surface area contributed by atoms with Crippen molar-refractivity contribution < 1.29 is 205 Å². The molecule has 0 aromatic heterocycles. The molecule has 786 valence electrons. The van der Waals surface area contributed by atoms with Crippen LogP contribution in [0.4, 0.5) is 0 Å². The van der Waals surface area contributed by atoms with Crippen LogP contribution in [0, 0.1) is 69.5 Å². The topological polar surface area (TPSA) is 252 Å². The molecule has 12 aliphatic rings. The second kappa shape index (κ2) is 48.4. The molecule has 6 aromatic rings. The van der Waals surface area contributed by atoms with Crippen molar-refractivity contribution in [2.24, 2.45) is 69.5 Å². The van der Waals surface area contributed by atoms with Gasteiger partial charge >= 0.3 is 0 Å². The maximum atomic E-state index is 11.3. The van der Waals surface area contributed by atoms with Gasteiger partial charge in [-0.05, 0) is 324 Å². The van der Waals surface area contributed by atoms with E-state index in [0.717, 1.165) is 94.1 Å². The van der Waals surface area contributed by atoms with Crippen LogP contribution in [0.15, 0.2) is 72.8 Å². The van der Waals surface area contributed by atoms with Crippen LogP contribution in [0.25, 0.3) is 0 Å². The van der Waals surface area contributed by atoms with E-state index < -0.39 is 459 Å². The van der Waals surface area contributed by atoms with Gasteiger partial charge in [-0.2, -0.15) is 0 Å². The van der Waals surface area contributed by atoms with Gasteiger partial charge in [-0.1, -0.05) is 103 Å². The number of aliphatic hydroxyl groups is 6. The van der Waals surface area contributed by atoms with Crippen LogP contribution in [0.3, 0.4) is 0 Å². The molecule has 18 unspecified atom stereocenters. The Morgan fingerprint density at radius 1 is 0.298 bits per heavy atom. The van der Waals surface area contributed by atoms with Gasteiger partial charge in [0, 0.05) is 205 Å². The van der Waals surface area contributed by atoms with Crippen molar-refractivity contribution in [1.82, 2.24) is 29.4 Å². The molecule has 6 fully saturated rings. The smallest absolute Gasteiger partial charge is 0.161 e. The number of ether oxygens (including phenoxy) is 12. The SMILES string of the molecule is [2H]C([2H])([2H])Oc1cc2c(cc1OC)C([2H])([2H])C([2H])([2H])N1C([2H])([2H])C([2H])(CC(C)C)C([2H])(O)C([2H])([2H])C21[2H].[2H]C([2H])([2H])Oc1cc2c(cc1OC)C([2H])([2H])C([2H])([2H])N1C2([2H])CC(O)C(C([2H])([2H])C(C)(C([2H])([2H])[2H])C([2H])([2H])[2H])C1([2H])[2H].[2H]C([2H])([2H])Oc1cc2c(cc1OC)C([2H])([2H])C([2H])([2H])N1C2([2H])CC(O)C(C([2H])([2H])C(C)(C([2H])([2H])[2H])C([2H])([2H])[2H])C1([2H])[2H].[2H]C([2H])([2H])Oc1cc2c(cc1OC)C([2H])([2H])C([2H])([2H])N1C2([2H])CC(O)C(CC(C)C)C1([2H])[2H].[2H]C1([2H])c2cc(OC)c(OC)cc2C2([2H])N(C1([2H])[2H])C([2H])([2H])C([2H])(CC(C)C)C([2H])(O)C2([2H])[2H].[2H]C12CC(O)C(C([2H])([2H])C(C)(C([2H])([2H])[2H])C([2H])([2H])[2H])C([2H])([2H])N1C([2H])([2H])C([2H])([2H])c1cc(OC)c(OC)cc12. The number of aliphatic hydroxyl groups excluding tert-OH is 4. The molecule has 6 N–H and O–H groups in total. The van der Waals surface area contributed by atoms with Crippen molar-refractivity contribution in [1.29, 1.82) is 0 Å². The molecule has 0 bridgehead atoms. The van der Waals surface area contributed by atoms with Crippen molar-refractivity contribution in [2.45, 2.75) is 291 Å². The van der Waals surface area contributed by atoms with Crippen LogP contribution >= 0.6 is 0 Å². The Balaban J connectivity index is 0.000000216. The second-order valence-electron chi connectivity index (χ2n) is 35.4. The second-order valence-corrected chi connectivity index (χ2v) is 35.4. The molecule has 0 spiro atoms. The van der Waals surface area contributed by atoms with Gasteiger partial charge in [0.05, 0.1) is 149 Å². The highest BCUT2D eigenvalue weighted by Gasteiger charge is 2.47. The van der Waals surface area contributed by atoms with Crippen LogP contribution in [0.5, 0.6) is 69.0 Å². The van der Waals surface area contributed by atoms with Gasteiger partial charge in [-0.15, -0.1) is 0 Å². The molecule has 24 nitrogen and oxygen atoms in total. The zero-order valence-corrected chi connectivity index (χ0v) is 80.5. The van der Waals surface area contributed by atoms with E-state index in [2.05, 4.69) is 0 Å². The highest BCUT2D eigenvalue weighted by Crippen LogP contribution is 2.53. The van der Waals surface area contributed by atoms with Crippen molar-refractivity contribution in [3.63, 3.8) is 0 Å². The summed E-state index contributed by atoms with van der Waals surface area (Å²) in [7, 11) is -2.64. The number of fused-ring (bicyclic) bond motifs is 18. The van der Waals surface area contributed by atoms with E-state index in [0.29, 0.717) is 25.7 Å². The van der Waals surface area contributed by atoms with E-state index in [1.165, 1.54) is 49.4 Å². The molecule has 0 aliphatic carbocycles. The fraction of sp³-hybridized carbons (Fsp3) is 0.692. The summed E-state index contributed by atoms with van der Waals surface area (Å²) in [6.45, 7) is -50.5. The summed E-state index contributed by atoms with van der Waals surface area (Å²) in [6, 6.07) is -5.48. The summed E-state index contributed by atoms with van der Waals surface area (Å²) >= 11 is 0. The lowest BCUT2D eigenvalue weighted by Gasteiger charge is -2.47. The molecule has 6 saturated heterocycles. The summed E-state index contributed by atoms with van der Waals surface area (Å²) in [5.41, 5.74) is -15.9. The summed E-state index contributed by atoms with van der Waals surface area (Å²) in [6.07, 6.45) is -56.4. The predicted octanol–water partition coefficient (Wildman–Crippen LogP) is 19.3. The van der Waals surface area contributed by atoms with E-state index in [1.807, 2.05) is 13.8 Å². The van der Waals surface area contributed by atoms with E-state index >= 15 is 0 Å². The van der Waals surface area contributed by atoms with E-state index in [9.17, 15) is 38.9 Å². The first-order valence-corrected chi connectivity index (χ1v) is 44.4. The number of rotatable bonds is 21. The minimum Gasteiger partial charge on any atom is -0.493 e. The third-order valence-corrected chi connectivity index (χ3v) is 22.9. The highest BCUT2D eigenvalue weighted by molar-refractivity contribution is 5.55. The van der Waals surface area contributed by atoms with E-state index in [4.69, 9.17) is 167 Å². The first-order valence-electron chi connectivity index (χ1n) is 87.4. The van der Waals surface area contributed by atoms with Crippen LogP contribution in [0.1, 0.15) is 401 Å². The first kappa shape index (κ1) is 43.7. The van der Waals surface area contributed by atoms with Crippen LogP contribution in [0.2, 0.25) is 0 Å². The molecule has 6 aromatic carbocycles. The molecule has 18 atom stereocenters. The molecule has 0 amide bonds. The van der Waals surface area contributed by atoms with Crippen LogP contribution in [-0.2, 0) is 38.2 Å².